The van der Waals surface area contributed by atoms with Gasteiger partial charge in [0.1, 0.15) is 0 Å². The Morgan fingerprint density at radius 3 is 2.94 bits per heavy atom. The topological polar surface area (TPSA) is 62.7 Å². The van der Waals surface area contributed by atoms with E-state index in [4.69, 9.17) is 9.78 Å². The molecule has 0 amide bonds. The van der Waals surface area contributed by atoms with E-state index in [1.807, 2.05) is 12.1 Å². The van der Waals surface area contributed by atoms with E-state index < -0.39 is 0 Å². The summed E-state index contributed by atoms with van der Waals surface area (Å²) in [5.74, 6) is 1.32. The van der Waals surface area contributed by atoms with Gasteiger partial charge in [-0.2, -0.15) is 10.2 Å². The highest BCUT2D eigenvalue weighted by molar-refractivity contribution is 5.27. The smallest absolute Gasteiger partial charge is 0.226 e. The number of benzene rings is 1. The molecule has 1 aromatic heterocycles. The largest absolute Gasteiger partial charge is 0.339 e. The van der Waals surface area contributed by atoms with E-state index in [-0.39, 0.29) is 0 Å². The summed E-state index contributed by atoms with van der Waals surface area (Å²) in [5.41, 5.74) is 2.44. The van der Waals surface area contributed by atoms with Gasteiger partial charge in [0.05, 0.1) is 6.07 Å². The van der Waals surface area contributed by atoms with Gasteiger partial charge in [-0.3, -0.25) is 0 Å². The zero-order valence-corrected chi connectivity index (χ0v) is 10.4. The molecule has 1 heterocycles. The summed E-state index contributed by atoms with van der Waals surface area (Å²) in [6.07, 6.45) is 2.65. The monoisotopic (exact) mass is 241 g/mol. The van der Waals surface area contributed by atoms with Gasteiger partial charge in [0, 0.05) is 19.3 Å². The van der Waals surface area contributed by atoms with Gasteiger partial charge in [0.15, 0.2) is 5.82 Å². The van der Waals surface area contributed by atoms with Crippen LogP contribution in [0.2, 0.25) is 0 Å². The van der Waals surface area contributed by atoms with Crippen LogP contribution in [0, 0.1) is 18.3 Å². The van der Waals surface area contributed by atoms with Gasteiger partial charge in [0.25, 0.3) is 0 Å². The minimum absolute atomic E-state index is 0.523. The van der Waals surface area contributed by atoms with Gasteiger partial charge < -0.3 is 4.52 Å². The number of nitrogens with zero attached hydrogens (tertiary/aromatic N) is 3. The Hall–Kier alpha value is -2.15. The maximum atomic E-state index is 8.46. The lowest BCUT2D eigenvalue weighted by molar-refractivity contribution is 0.371. The van der Waals surface area contributed by atoms with Crippen LogP contribution in [0.5, 0.6) is 0 Å². The number of hydrogen-bond acceptors (Lipinski definition) is 4. The lowest BCUT2D eigenvalue weighted by Gasteiger charge is -2.00. The number of hydrogen-bond donors (Lipinski definition) is 0. The number of aromatic nitrogens is 2. The Balaban J connectivity index is 1.99. The van der Waals surface area contributed by atoms with Crippen molar-refractivity contribution >= 4 is 0 Å². The number of unbranched alkanes of at least 4 members (excludes halogenated alkanes) is 1. The highest BCUT2D eigenvalue weighted by Gasteiger charge is 2.07. The van der Waals surface area contributed by atoms with Gasteiger partial charge in [0.2, 0.25) is 5.89 Å². The third kappa shape index (κ3) is 3.17. The van der Waals surface area contributed by atoms with Crippen molar-refractivity contribution in [2.24, 2.45) is 0 Å². The van der Waals surface area contributed by atoms with Gasteiger partial charge >= 0.3 is 0 Å². The van der Waals surface area contributed by atoms with Crippen LogP contribution in [0.4, 0.5) is 0 Å². The second kappa shape index (κ2) is 5.97. The highest BCUT2D eigenvalue weighted by Crippen LogP contribution is 2.12. The van der Waals surface area contributed by atoms with Gasteiger partial charge in [-0.25, -0.2) is 0 Å². The lowest BCUT2D eigenvalue weighted by atomic mass is 10.1. The quantitative estimate of drug-likeness (QED) is 0.755. The number of nitriles is 1. The summed E-state index contributed by atoms with van der Waals surface area (Å²) in [7, 11) is 0. The maximum Gasteiger partial charge on any atom is 0.226 e. The molecule has 0 aliphatic carbocycles. The van der Waals surface area contributed by atoms with Crippen LogP contribution in [-0.2, 0) is 12.8 Å². The summed E-state index contributed by atoms with van der Waals surface area (Å²) in [6, 6.07) is 10.3. The molecule has 2 aromatic rings. The minimum Gasteiger partial charge on any atom is -0.339 e. The minimum atomic E-state index is 0.523. The second-order valence-electron chi connectivity index (χ2n) is 4.22. The Kier molecular flexibility index (Phi) is 4.08. The van der Waals surface area contributed by atoms with Crippen molar-refractivity contribution in [3.63, 3.8) is 0 Å². The van der Waals surface area contributed by atoms with Crippen LogP contribution in [0.25, 0.3) is 0 Å². The maximum absolute atomic E-state index is 8.46. The van der Waals surface area contributed by atoms with Crippen LogP contribution in [-0.4, -0.2) is 10.1 Å². The third-order valence-electron chi connectivity index (χ3n) is 2.80. The predicted octanol–water partition coefficient (Wildman–Crippen LogP) is 2.82. The van der Waals surface area contributed by atoms with Crippen molar-refractivity contribution in [1.29, 1.82) is 5.26 Å². The molecule has 0 saturated carbocycles. The van der Waals surface area contributed by atoms with Crippen molar-refractivity contribution in [2.75, 3.05) is 0 Å². The van der Waals surface area contributed by atoms with E-state index in [1.165, 1.54) is 11.1 Å². The molecule has 0 bridgehead atoms. The molecule has 0 aliphatic rings. The average Bonchev–Trinajstić information content (AvgIpc) is 2.80. The molecule has 4 heteroatoms. The second-order valence-corrected chi connectivity index (χ2v) is 4.22. The zero-order chi connectivity index (χ0) is 12.8. The average molecular weight is 241 g/mol. The summed E-state index contributed by atoms with van der Waals surface area (Å²) in [5, 5.41) is 12.4. The summed E-state index contributed by atoms with van der Waals surface area (Å²) < 4.78 is 5.15. The molecule has 18 heavy (non-hydrogen) atoms. The third-order valence-corrected chi connectivity index (χ3v) is 2.80. The molecule has 0 N–H and O–H groups in total. The Morgan fingerprint density at radius 2 is 2.17 bits per heavy atom. The molecular weight excluding hydrogens is 226 g/mol. The first-order valence-corrected chi connectivity index (χ1v) is 6.02. The summed E-state index contributed by atoms with van der Waals surface area (Å²) in [4.78, 5) is 4.33. The van der Waals surface area contributed by atoms with Crippen LogP contribution in [0.15, 0.2) is 28.8 Å². The predicted molar refractivity (Wildman–Crippen MR) is 66.8 cm³/mol. The van der Waals surface area contributed by atoms with E-state index in [0.29, 0.717) is 31.0 Å². The van der Waals surface area contributed by atoms with E-state index >= 15 is 0 Å². The van der Waals surface area contributed by atoms with Gasteiger partial charge in [-0.15, -0.1) is 0 Å². The molecule has 0 saturated heterocycles. The van der Waals surface area contributed by atoms with Crippen molar-refractivity contribution < 1.29 is 4.52 Å². The molecule has 0 spiro atoms. The van der Waals surface area contributed by atoms with Crippen LogP contribution in [0.3, 0.4) is 0 Å². The molecular formula is C14H15N3O. The molecule has 1 aromatic carbocycles. The van der Waals surface area contributed by atoms with E-state index in [1.54, 1.807) is 0 Å². The lowest BCUT2D eigenvalue weighted by Crippen LogP contribution is -1.94. The van der Waals surface area contributed by atoms with E-state index in [0.717, 1.165) is 6.42 Å². The molecule has 4 nitrogen and oxygen atoms in total. The normalized spacial score (nSPS) is 10.2. The Bertz CT molecular complexity index is 554. The van der Waals surface area contributed by atoms with Gasteiger partial charge in [-0.05, 0) is 24.5 Å². The molecule has 0 unspecified atom stereocenters. The molecule has 92 valence electrons. The molecule has 0 fully saturated rings. The first kappa shape index (κ1) is 12.3. The highest BCUT2D eigenvalue weighted by atomic mass is 16.5. The zero-order valence-electron chi connectivity index (χ0n) is 10.4. The Labute approximate surface area is 106 Å². The van der Waals surface area contributed by atoms with Gasteiger partial charge in [-0.1, -0.05) is 29.4 Å². The van der Waals surface area contributed by atoms with Crippen molar-refractivity contribution in [3.8, 4) is 6.07 Å². The SMILES string of the molecule is Cc1ccccc1Cc1noc(CCCC#N)n1. The van der Waals surface area contributed by atoms with E-state index in [2.05, 4.69) is 35.3 Å². The number of rotatable bonds is 5. The first-order chi connectivity index (χ1) is 8.79. The molecule has 0 radical (unpaired) electrons. The standard InChI is InChI=1S/C14H15N3O/c1-11-6-2-3-7-12(11)10-13-16-14(18-17-13)8-4-5-9-15/h2-3,6-7H,4-5,8,10H2,1H3. The first-order valence-electron chi connectivity index (χ1n) is 6.02. The fraction of sp³-hybridized carbons (Fsp3) is 0.357. The molecule has 0 atom stereocenters. The molecule has 2 rings (SSSR count). The van der Waals surface area contributed by atoms with Crippen molar-refractivity contribution in [1.82, 2.24) is 10.1 Å². The summed E-state index contributed by atoms with van der Waals surface area (Å²) in [6.45, 7) is 2.07. The Morgan fingerprint density at radius 1 is 1.33 bits per heavy atom. The van der Waals surface area contributed by atoms with Crippen molar-refractivity contribution in [2.45, 2.75) is 32.6 Å². The van der Waals surface area contributed by atoms with Crippen LogP contribution in [0.1, 0.15) is 35.7 Å². The van der Waals surface area contributed by atoms with Crippen molar-refractivity contribution in [3.05, 3.63) is 47.1 Å². The number of aryl methyl sites for hydroxylation is 2. The fourth-order valence-corrected chi connectivity index (χ4v) is 1.76. The van der Waals surface area contributed by atoms with E-state index in [9.17, 15) is 0 Å². The fourth-order valence-electron chi connectivity index (χ4n) is 1.76. The molecule has 0 aliphatic heterocycles. The summed E-state index contributed by atoms with van der Waals surface area (Å²) >= 11 is 0. The van der Waals surface area contributed by atoms with Crippen LogP contribution >= 0.6 is 0 Å². The van der Waals surface area contributed by atoms with Crippen LogP contribution < -0.4 is 0 Å².